The van der Waals surface area contributed by atoms with Crippen molar-refractivity contribution in [3.05, 3.63) is 35.7 Å². The summed E-state index contributed by atoms with van der Waals surface area (Å²) in [6.07, 6.45) is 1.60. The van der Waals surface area contributed by atoms with E-state index in [-0.39, 0.29) is 0 Å². The number of carbonyl (C=O) groups is 1. The van der Waals surface area contributed by atoms with Gasteiger partial charge in [0.2, 0.25) is 0 Å². The van der Waals surface area contributed by atoms with Crippen LogP contribution in [0.4, 0.5) is 0 Å². The molecule has 0 aliphatic carbocycles. The van der Waals surface area contributed by atoms with Crippen LogP contribution in [0.15, 0.2) is 28.9 Å². The summed E-state index contributed by atoms with van der Waals surface area (Å²) in [5.74, 6) is 0.618. The number of hydrogen-bond acceptors (Lipinski definition) is 7. The predicted octanol–water partition coefficient (Wildman–Crippen LogP) is 1.32. The average molecular weight is 288 g/mol. The van der Waals surface area contributed by atoms with Gasteiger partial charge in [-0.1, -0.05) is 5.16 Å². The molecule has 0 saturated heterocycles. The Morgan fingerprint density at radius 2 is 2.19 bits per heavy atom. The van der Waals surface area contributed by atoms with Crippen LogP contribution < -0.4 is 0 Å². The van der Waals surface area contributed by atoms with Crippen molar-refractivity contribution in [2.45, 2.75) is 6.61 Å². The first-order chi connectivity index (χ1) is 10.2. The van der Waals surface area contributed by atoms with E-state index in [1.807, 2.05) is 0 Å². The molecule has 21 heavy (non-hydrogen) atoms. The summed E-state index contributed by atoms with van der Waals surface area (Å²) in [4.78, 5) is 11.6. The largest absolute Gasteiger partial charge is 0.465 e. The number of hydrogen-bond donors (Lipinski definition) is 0. The summed E-state index contributed by atoms with van der Waals surface area (Å²) < 4.78 is 16.5. The van der Waals surface area contributed by atoms with Crippen LogP contribution in [0.1, 0.15) is 16.1 Å². The minimum atomic E-state index is -0.434. The Morgan fingerprint density at radius 3 is 2.95 bits per heavy atom. The second kappa shape index (κ2) is 5.33. The summed E-state index contributed by atoms with van der Waals surface area (Å²) in [5, 5.41) is 12.0. The van der Waals surface area contributed by atoms with Crippen molar-refractivity contribution in [1.29, 1.82) is 0 Å². The number of aromatic nitrogens is 4. The molecule has 0 bridgehead atoms. The monoisotopic (exact) mass is 288 g/mol. The van der Waals surface area contributed by atoms with Crippen LogP contribution in [0.2, 0.25) is 0 Å². The molecule has 3 rings (SSSR count). The predicted molar refractivity (Wildman–Crippen MR) is 70.5 cm³/mol. The van der Waals surface area contributed by atoms with E-state index in [1.165, 1.54) is 7.11 Å². The molecule has 0 unspecified atom stereocenters. The van der Waals surface area contributed by atoms with Crippen molar-refractivity contribution < 1.29 is 18.8 Å². The molecule has 0 atom stereocenters. The van der Waals surface area contributed by atoms with Gasteiger partial charge in [0, 0.05) is 19.4 Å². The highest BCUT2D eigenvalue weighted by molar-refractivity contribution is 5.89. The molecule has 0 aliphatic heterocycles. The molecule has 0 amide bonds. The molecule has 0 N–H and O–H groups in total. The minimum Gasteiger partial charge on any atom is -0.465 e. The van der Waals surface area contributed by atoms with Crippen molar-refractivity contribution in [1.82, 2.24) is 19.8 Å². The molecular formula is C13H12N4O4. The quantitative estimate of drug-likeness (QED) is 0.668. The molecule has 3 heterocycles. The molecule has 0 saturated carbocycles. The fourth-order valence-corrected chi connectivity index (χ4v) is 1.93. The Morgan fingerprint density at radius 1 is 1.33 bits per heavy atom. The maximum absolute atomic E-state index is 11.6. The van der Waals surface area contributed by atoms with Crippen LogP contribution in [0.25, 0.3) is 17.2 Å². The lowest BCUT2D eigenvalue weighted by molar-refractivity contribution is 0.0600. The average Bonchev–Trinajstić information content (AvgIpc) is 3.12. The second-order valence-electron chi connectivity index (χ2n) is 4.27. The Bertz CT molecular complexity index is 792. The molecule has 0 fully saturated rings. The first kappa shape index (κ1) is 13.3. The molecule has 0 aromatic carbocycles. The van der Waals surface area contributed by atoms with E-state index < -0.39 is 5.97 Å². The van der Waals surface area contributed by atoms with E-state index in [0.717, 1.165) is 0 Å². The van der Waals surface area contributed by atoms with Crippen LogP contribution in [0.3, 0.4) is 0 Å². The molecule has 0 spiro atoms. The summed E-state index contributed by atoms with van der Waals surface area (Å²) in [6.45, 7) is 0.317. The van der Waals surface area contributed by atoms with Gasteiger partial charge in [-0.05, 0) is 12.1 Å². The number of pyridine rings is 1. The van der Waals surface area contributed by atoms with Gasteiger partial charge in [-0.25, -0.2) is 4.79 Å². The number of fused-ring (bicyclic) bond motifs is 1. The number of carbonyl (C=O) groups excluding carboxylic acids is 1. The zero-order valence-electron chi connectivity index (χ0n) is 11.4. The summed E-state index contributed by atoms with van der Waals surface area (Å²) in [5.41, 5.74) is 1.50. The first-order valence-corrected chi connectivity index (χ1v) is 6.11. The van der Waals surface area contributed by atoms with Crippen LogP contribution >= 0.6 is 0 Å². The number of ether oxygens (including phenoxy) is 2. The van der Waals surface area contributed by atoms with E-state index >= 15 is 0 Å². The fourth-order valence-electron chi connectivity index (χ4n) is 1.93. The third kappa shape index (κ3) is 2.36. The smallest absolute Gasteiger partial charge is 0.339 e. The van der Waals surface area contributed by atoms with Gasteiger partial charge < -0.3 is 14.0 Å². The number of rotatable bonds is 4. The van der Waals surface area contributed by atoms with Crippen molar-refractivity contribution in [2.24, 2.45) is 0 Å². The highest BCUT2D eigenvalue weighted by atomic mass is 16.5. The molecule has 3 aromatic heterocycles. The summed E-state index contributed by atoms with van der Waals surface area (Å²) in [7, 11) is 2.89. The van der Waals surface area contributed by atoms with Gasteiger partial charge in [-0.2, -0.15) is 0 Å². The Labute approximate surface area is 119 Å². The maximum Gasteiger partial charge on any atom is 0.339 e. The minimum absolute atomic E-state index is 0.317. The Hall–Kier alpha value is -2.74. The third-order valence-electron chi connectivity index (χ3n) is 2.90. The van der Waals surface area contributed by atoms with Gasteiger partial charge in [0.25, 0.3) is 0 Å². The lowest BCUT2D eigenvalue weighted by atomic mass is 10.3. The van der Waals surface area contributed by atoms with Crippen LogP contribution in [-0.2, 0) is 16.1 Å². The van der Waals surface area contributed by atoms with Gasteiger partial charge in [-0.15, -0.1) is 10.2 Å². The van der Waals surface area contributed by atoms with E-state index in [0.29, 0.717) is 35.1 Å². The molecule has 0 radical (unpaired) electrons. The summed E-state index contributed by atoms with van der Waals surface area (Å²) >= 11 is 0. The summed E-state index contributed by atoms with van der Waals surface area (Å²) in [6, 6.07) is 5.02. The van der Waals surface area contributed by atoms with Gasteiger partial charge in [0.15, 0.2) is 22.9 Å². The normalized spacial score (nSPS) is 11.0. The lowest BCUT2D eigenvalue weighted by Crippen LogP contribution is -2.03. The van der Waals surface area contributed by atoms with E-state index in [2.05, 4.69) is 15.4 Å². The first-order valence-electron chi connectivity index (χ1n) is 6.11. The van der Waals surface area contributed by atoms with Gasteiger partial charge in [0.1, 0.15) is 6.61 Å². The third-order valence-corrected chi connectivity index (χ3v) is 2.90. The van der Waals surface area contributed by atoms with Crippen molar-refractivity contribution in [3.8, 4) is 11.5 Å². The maximum atomic E-state index is 11.6. The molecule has 0 aliphatic rings. The van der Waals surface area contributed by atoms with E-state index in [9.17, 15) is 4.79 Å². The van der Waals surface area contributed by atoms with Crippen LogP contribution in [0, 0.1) is 0 Å². The molecular weight excluding hydrogens is 276 g/mol. The second-order valence-corrected chi connectivity index (χ2v) is 4.27. The van der Waals surface area contributed by atoms with E-state index in [4.69, 9.17) is 14.0 Å². The zero-order chi connectivity index (χ0) is 14.8. The van der Waals surface area contributed by atoms with Crippen molar-refractivity contribution >= 4 is 11.6 Å². The van der Waals surface area contributed by atoms with Crippen LogP contribution in [0.5, 0.6) is 0 Å². The van der Waals surface area contributed by atoms with E-state index in [1.54, 1.807) is 35.9 Å². The standard InChI is InChI=1S/C13H12N4O4/c1-19-7-9-5-10(16-21-9)12-15-14-11-4-3-8(6-17(11)12)13(18)20-2/h3-6H,7H2,1-2H3. The Balaban J connectivity index is 2.07. The van der Waals surface area contributed by atoms with Gasteiger partial charge >= 0.3 is 5.97 Å². The van der Waals surface area contributed by atoms with Crippen molar-refractivity contribution in [3.63, 3.8) is 0 Å². The SMILES string of the molecule is COCc1cc(-c2nnc3ccc(C(=O)OC)cn23)no1. The van der Waals surface area contributed by atoms with Crippen LogP contribution in [-0.4, -0.2) is 39.9 Å². The highest BCUT2D eigenvalue weighted by Crippen LogP contribution is 2.19. The fraction of sp³-hybridized carbons (Fsp3) is 0.231. The zero-order valence-corrected chi connectivity index (χ0v) is 11.4. The molecule has 3 aromatic rings. The number of esters is 1. The van der Waals surface area contributed by atoms with Gasteiger partial charge in [-0.3, -0.25) is 4.40 Å². The Kier molecular flexibility index (Phi) is 3.36. The number of methoxy groups -OCH3 is 2. The van der Waals surface area contributed by atoms with Gasteiger partial charge in [0.05, 0.1) is 12.7 Å². The lowest BCUT2D eigenvalue weighted by Gasteiger charge is -2.00. The molecule has 8 heteroatoms. The molecule has 108 valence electrons. The topological polar surface area (TPSA) is 91.8 Å². The highest BCUT2D eigenvalue weighted by Gasteiger charge is 2.15. The number of nitrogens with zero attached hydrogens (tertiary/aromatic N) is 4. The van der Waals surface area contributed by atoms with Crippen molar-refractivity contribution in [2.75, 3.05) is 14.2 Å². The molecule has 8 nitrogen and oxygen atoms in total.